The number of aryl methyl sites for hydroxylation is 1. The largest absolute Gasteiger partial charge is 0.463 e. The summed E-state index contributed by atoms with van der Waals surface area (Å²) in [4.78, 5) is 13.6. The normalized spacial score (nSPS) is 14.9. The number of carbonyl (C=O) groups is 1. The first-order valence-corrected chi connectivity index (χ1v) is 6.83. The molecule has 0 aliphatic heterocycles. The average Bonchev–Trinajstić information content (AvgIpc) is 2.80. The minimum absolute atomic E-state index is 0.226. The van der Waals surface area contributed by atoms with Gasteiger partial charge in [0.05, 0.1) is 6.42 Å². The summed E-state index contributed by atoms with van der Waals surface area (Å²) >= 11 is 0. The van der Waals surface area contributed by atoms with E-state index in [0.717, 1.165) is 6.07 Å². The van der Waals surface area contributed by atoms with Crippen molar-refractivity contribution in [3.05, 3.63) is 23.7 Å². The van der Waals surface area contributed by atoms with E-state index in [0.29, 0.717) is 13.0 Å². The van der Waals surface area contributed by atoms with Gasteiger partial charge in [-0.1, -0.05) is 0 Å². The molecule has 2 N–H and O–H groups in total. The molecule has 0 aliphatic carbocycles. The van der Waals surface area contributed by atoms with Crippen molar-refractivity contribution in [1.29, 1.82) is 0 Å². The van der Waals surface area contributed by atoms with Crippen molar-refractivity contribution in [2.24, 2.45) is 0 Å². The summed E-state index contributed by atoms with van der Waals surface area (Å²) in [5.41, 5.74) is -3.33. The second-order valence-electron chi connectivity index (χ2n) is 5.45. The molecule has 0 spiro atoms. The van der Waals surface area contributed by atoms with Crippen LogP contribution in [0, 0.1) is 6.92 Å². The van der Waals surface area contributed by atoms with Gasteiger partial charge in [0, 0.05) is 6.54 Å². The summed E-state index contributed by atoms with van der Waals surface area (Å²) in [6, 6.07) is 2.34. The molecule has 1 amide bonds. The number of hydrogen-bond donors (Lipinski definition) is 2. The van der Waals surface area contributed by atoms with Crippen LogP contribution in [0.15, 0.2) is 16.5 Å². The maximum absolute atomic E-state index is 13.2. The lowest BCUT2D eigenvalue weighted by Gasteiger charge is -2.28. The molecule has 0 radical (unpaired) electrons. The SMILES string of the molecule is Cc1ccc(C(O)(CC(=O)NCCCN(C)C)C(F)(F)F)o1. The van der Waals surface area contributed by atoms with E-state index in [-0.39, 0.29) is 12.3 Å². The molecule has 1 unspecified atom stereocenters. The Balaban J connectivity index is 2.73. The molecule has 1 aromatic heterocycles. The average molecular weight is 322 g/mol. The van der Waals surface area contributed by atoms with Crippen LogP contribution in [-0.2, 0) is 10.4 Å². The second kappa shape index (κ2) is 7.15. The Labute approximate surface area is 127 Å². The van der Waals surface area contributed by atoms with Gasteiger partial charge in [0.1, 0.15) is 11.5 Å². The number of furan rings is 1. The number of hydrogen-bond acceptors (Lipinski definition) is 4. The molecule has 5 nitrogen and oxygen atoms in total. The number of carbonyl (C=O) groups excluding carboxylic acids is 1. The fourth-order valence-electron chi connectivity index (χ4n) is 1.90. The maximum atomic E-state index is 13.2. The Bertz CT molecular complexity index is 500. The van der Waals surface area contributed by atoms with Crippen molar-refractivity contribution in [2.45, 2.75) is 31.5 Å². The second-order valence-corrected chi connectivity index (χ2v) is 5.45. The topological polar surface area (TPSA) is 65.7 Å². The van der Waals surface area contributed by atoms with Crippen LogP contribution in [0.4, 0.5) is 13.2 Å². The van der Waals surface area contributed by atoms with Crippen molar-refractivity contribution >= 4 is 5.91 Å². The molecule has 1 atom stereocenters. The lowest BCUT2D eigenvalue weighted by atomic mass is 9.95. The van der Waals surface area contributed by atoms with E-state index >= 15 is 0 Å². The molecule has 1 rings (SSSR count). The van der Waals surface area contributed by atoms with Gasteiger partial charge in [0.2, 0.25) is 11.5 Å². The molecule has 22 heavy (non-hydrogen) atoms. The fraction of sp³-hybridized carbons (Fsp3) is 0.643. The van der Waals surface area contributed by atoms with Gasteiger partial charge in [-0.2, -0.15) is 13.2 Å². The maximum Gasteiger partial charge on any atom is 0.425 e. The molecule has 0 aromatic carbocycles. The first kappa shape index (κ1) is 18.5. The van der Waals surface area contributed by atoms with E-state index in [1.165, 1.54) is 13.0 Å². The number of amides is 1. The van der Waals surface area contributed by atoms with Gasteiger partial charge in [0.25, 0.3) is 0 Å². The van der Waals surface area contributed by atoms with Gasteiger partial charge in [-0.15, -0.1) is 0 Å². The third kappa shape index (κ3) is 4.74. The van der Waals surface area contributed by atoms with E-state index in [1.807, 2.05) is 19.0 Å². The number of aliphatic hydroxyl groups is 1. The third-order valence-electron chi connectivity index (χ3n) is 3.14. The number of halogens is 3. The van der Waals surface area contributed by atoms with Gasteiger partial charge in [-0.3, -0.25) is 4.79 Å². The summed E-state index contributed by atoms with van der Waals surface area (Å²) in [6.07, 6.45) is -5.55. The quantitative estimate of drug-likeness (QED) is 0.751. The van der Waals surface area contributed by atoms with E-state index in [4.69, 9.17) is 4.42 Å². The molecule has 0 bridgehead atoms. The first-order chi connectivity index (χ1) is 10.1. The van der Waals surface area contributed by atoms with E-state index < -0.39 is 29.9 Å². The zero-order valence-electron chi connectivity index (χ0n) is 12.8. The Morgan fingerprint density at radius 1 is 1.36 bits per heavy atom. The van der Waals surface area contributed by atoms with Crippen molar-refractivity contribution in [2.75, 3.05) is 27.2 Å². The summed E-state index contributed by atoms with van der Waals surface area (Å²) < 4.78 is 44.3. The van der Waals surface area contributed by atoms with Gasteiger partial charge >= 0.3 is 6.18 Å². The molecule has 0 saturated carbocycles. The Kier molecular flexibility index (Phi) is 6.01. The van der Waals surface area contributed by atoms with Gasteiger partial charge in [-0.25, -0.2) is 0 Å². The highest BCUT2D eigenvalue weighted by atomic mass is 19.4. The minimum Gasteiger partial charge on any atom is -0.463 e. The Morgan fingerprint density at radius 3 is 2.45 bits per heavy atom. The predicted molar refractivity (Wildman–Crippen MR) is 74.2 cm³/mol. The molecular formula is C14H21F3N2O3. The fourth-order valence-corrected chi connectivity index (χ4v) is 1.90. The van der Waals surface area contributed by atoms with Crippen LogP contribution in [0.1, 0.15) is 24.4 Å². The van der Waals surface area contributed by atoms with Crippen LogP contribution in [0.3, 0.4) is 0 Å². The van der Waals surface area contributed by atoms with Gasteiger partial charge < -0.3 is 19.7 Å². The van der Waals surface area contributed by atoms with E-state index in [1.54, 1.807) is 0 Å². The molecular weight excluding hydrogens is 301 g/mol. The van der Waals surface area contributed by atoms with Crippen LogP contribution < -0.4 is 5.32 Å². The Hall–Kier alpha value is -1.54. The van der Waals surface area contributed by atoms with Crippen LogP contribution in [0.2, 0.25) is 0 Å². The minimum atomic E-state index is -5.02. The zero-order chi connectivity index (χ0) is 17.0. The van der Waals surface area contributed by atoms with Gasteiger partial charge in [-0.05, 0) is 46.1 Å². The van der Waals surface area contributed by atoms with Crippen LogP contribution in [-0.4, -0.2) is 49.3 Å². The van der Waals surface area contributed by atoms with Crippen molar-refractivity contribution in [3.8, 4) is 0 Å². The molecule has 8 heteroatoms. The molecule has 126 valence electrons. The predicted octanol–water partition coefficient (Wildman–Crippen LogP) is 1.80. The van der Waals surface area contributed by atoms with Crippen LogP contribution >= 0.6 is 0 Å². The van der Waals surface area contributed by atoms with Crippen molar-refractivity contribution in [1.82, 2.24) is 10.2 Å². The highest BCUT2D eigenvalue weighted by Gasteiger charge is 2.58. The monoisotopic (exact) mass is 322 g/mol. The summed E-state index contributed by atoms with van der Waals surface area (Å²) in [5.74, 6) is -1.34. The lowest BCUT2D eigenvalue weighted by Crippen LogP contribution is -2.46. The van der Waals surface area contributed by atoms with Crippen molar-refractivity contribution < 1.29 is 27.5 Å². The summed E-state index contributed by atoms with van der Waals surface area (Å²) in [5, 5.41) is 12.3. The van der Waals surface area contributed by atoms with Crippen molar-refractivity contribution in [3.63, 3.8) is 0 Å². The highest BCUT2D eigenvalue weighted by molar-refractivity contribution is 5.77. The Morgan fingerprint density at radius 2 is 2.00 bits per heavy atom. The molecule has 0 saturated heterocycles. The molecule has 0 aliphatic rings. The van der Waals surface area contributed by atoms with Crippen LogP contribution in [0.5, 0.6) is 0 Å². The zero-order valence-corrected chi connectivity index (χ0v) is 12.8. The summed E-state index contributed by atoms with van der Waals surface area (Å²) in [7, 11) is 3.70. The number of alkyl halides is 3. The molecule has 0 fully saturated rings. The number of rotatable bonds is 7. The number of nitrogens with zero attached hydrogens (tertiary/aromatic N) is 1. The summed E-state index contributed by atoms with van der Waals surface area (Å²) in [6.45, 7) is 2.39. The number of nitrogens with one attached hydrogen (secondary N) is 1. The van der Waals surface area contributed by atoms with Gasteiger partial charge in [0.15, 0.2) is 0 Å². The first-order valence-electron chi connectivity index (χ1n) is 6.83. The van der Waals surface area contributed by atoms with E-state index in [2.05, 4.69) is 5.32 Å². The molecule has 1 aromatic rings. The smallest absolute Gasteiger partial charge is 0.425 e. The van der Waals surface area contributed by atoms with Crippen LogP contribution in [0.25, 0.3) is 0 Å². The van der Waals surface area contributed by atoms with E-state index in [9.17, 15) is 23.1 Å². The molecule has 1 heterocycles. The lowest BCUT2D eigenvalue weighted by molar-refractivity contribution is -0.273. The standard InChI is InChI=1S/C14H21F3N2O3/c1-10-5-6-11(22-10)13(21,14(15,16)17)9-12(20)18-7-4-8-19(2)3/h5-6,21H,4,7-9H2,1-3H3,(H,18,20). The highest BCUT2D eigenvalue weighted by Crippen LogP contribution is 2.42. The third-order valence-corrected chi connectivity index (χ3v) is 3.14.